The van der Waals surface area contributed by atoms with Crippen LogP contribution in [0.1, 0.15) is 38.5 Å². The zero-order valence-corrected chi connectivity index (χ0v) is 15.7. The number of likely N-dealkylation sites (N-methyl/N-ethyl adjacent to an activating group) is 1. The minimum Gasteiger partial charge on any atom is -0.334 e. The Morgan fingerprint density at radius 1 is 1.07 bits per heavy atom. The lowest BCUT2D eigenvalue weighted by Crippen LogP contribution is -2.44. The van der Waals surface area contributed by atoms with Gasteiger partial charge in [-0.3, -0.25) is 14.9 Å². The Balaban J connectivity index is 1.81. The van der Waals surface area contributed by atoms with Gasteiger partial charge in [-0.25, -0.2) is 0 Å². The van der Waals surface area contributed by atoms with Gasteiger partial charge < -0.3 is 4.90 Å². The summed E-state index contributed by atoms with van der Waals surface area (Å²) >= 11 is 1.33. The highest BCUT2D eigenvalue weighted by Gasteiger charge is 2.42. The normalized spacial score (nSPS) is 18.9. The third kappa shape index (κ3) is 3.10. The van der Waals surface area contributed by atoms with E-state index in [4.69, 9.17) is 0 Å². The molecule has 3 aromatic rings. The van der Waals surface area contributed by atoms with E-state index in [1.165, 1.54) is 11.3 Å². The van der Waals surface area contributed by atoms with Crippen molar-refractivity contribution in [3.63, 3.8) is 0 Å². The minimum atomic E-state index is -0.546. The van der Waals surface area contributed by atoms with Crippen LogP contribution in [-0.2, 0) is 4.79 Å². The zero-order chi connectivity index (χ0) is 19.0. The maximum Gasteiger partial charge on any atom is 0.254 e. The summed E-state index contributed by atoms with van der Waals surface area (Å²) in [4.78, 5) is 27.8. The molecule has 1 N–H and O–H groups in total. The van der Waals surface area contributed by atoms with Crippen molar-refractivity contribution in [1.29, 1.82) is 0 Å². The van der Waals surface area contributed by atoms with Crippen LogP contribution in [0.3, 0.4) is 0 Å². The van der Waals surface area contributed by atoms with Gasteiger partial charge in [-0.1, -0.05) is 59.9 Å². The number of aromatic nitrogens is 2. The lowest BCUT2D eigenvalue weighted by molar-refractivity contribution is -0.119. The first kappa shape index (κ1) is 17.4. The van der Waals surface area contributed by atoms with E-state index < -0.39 is 12.0 Å². The van der Waals surface area contributed by atoms with E-state index in [-0.39, 0.29) is 11.8 Å². The number of rotatable bonds is 3. The molecule has 0 saturated heterocycles. The van der Waals surface area contributed by atoms with Gasteiger partial charge in [0.25, 0.3) is 5.91 Å². The van der Waals surface area contributed by atoms with Gasteiger partial charge in [0.15, 0.2) is 0 Å². The topological polar surface area (TPSA) is 75.2 Å². The van der Waals surface area contributed by atoms with Crippen LogP contribution in [0.2, 0.25) is 0 Å². The standard InChI is InChI=1S/C20H18N4O2S/c1-12-22-23-20(27-12)21-18(25)16-14-10-6-7-11-15(14)19(26)24(2)17(16)13-8-4-3-5-9-13/h3-11,16-17H,1-2H3,(H,21,23,25)/t16-,17-/m0/s1. The quantitative estimate of drug-likeness (QED) is 0.758. The number of nitrogens with zero attached hydrogens (tertiary/aromatic N) is 3. The van der Waals surface area contributed by atoms with Crippen molar-refractivity contribution < 1.29 is 9.59 Å². The minimum absolute atomic E-state index is 0.0877. The van der Waals surface area contributed by atoms with Crippen molar-refractivity contribution in [1.82, 2.24) is 15.1 Å². The maximum absolute atomic E-state index is 13.3. The highest BCUT2D eigenvalue weighted by atomic mass is 32.1. The molecule has 0 radical (unpaired) electrons. The van der Waals surface area contributed by atoms with E-state index in [2.05, 4.69) is 15.5 Å². The Labute approximate surface area is 160 Å². The molecule has 0 spiro atoms. The molecule has 136 valence electrons. The number of fused-ring (bicyclic) bond motifs is 1. The highest BCUT2D eigenvalue weighted by Crippen LogP contribution is 2.42. The molecule has 0 saturated carbocycles. The Morgan fingerprint density at radius 3 is 2.48 bits per heavy atom. The summed E-state index contributed by atoms with van der Waals surface area (Å²) in [7, 11) is 1.74. The van der Waals surface area contributed by atoms with Crippen LogP contribution in [-0.4, -0.2) is 34.0 Å². The van der Waals surface area contributed by atoms with E-state index in [1.54, 1.807) is 18.0 Å². The van der Waals surface area contributed by atoms with E-state index in [9.17, 15) is 9.59 Å². The van der Waals surface area contributed by atoms with E-state index in [0.717, 1.165) is 16.1 Å². The number of amides is 2. The fourth-order valence-corrected chi connectivity index (χ4v) is 4.15. The predicted octanol–water partition coefficient (Wildman–Crippen LogP) is 3.40. The number of aryl methyl sites for hydroxylation is 1. The zero-order valence-electron chi connectivity index (χ0n) is 14.9. The summed E-state index contributed by atoms with van der Waals surface area (Å²) < 4.78 is 0. The molecule has 1 aliphatic rings. The first-order valence-corrected chi connectivity index (χ1v) is 9.40. The number of nitrogens with one attached hydrogen (secondary N) is 1. The van der Waals surface area contributed by atoms with Gasteiger partial charge in [0, 0.05) is 12.6 Å². The smallest absolute Gasteiger partial charge is 0.254 e. The molecule has 2 aromatic carbocycles. The van der Waals surface area contributed by atoms with E-state index in [0.29, 0.717) is 10.7 Å². The molecule has 27 heavy (non-hydrogen) atoms. The molecule has 7 heteroatoms. The van der Waals surface area contributed by atoms with Gasteiger partial charge in [-0.2, -0.15) is 0 Å². The third-order valence-corrected chi connectivity index (χ3v) is 5.51. The van der Waals surface area contributed by atoms with E-state index >= 15 is 0 Å². The molecule has 1 aromatic heterocycles. The van der Waals surface area contributed by atoms with Crippen molar-refractivity contribution in [3.8, 4) is 0 Å². The lowest BCUT2D eigenvalue weighted by Gasteiger charge is -2.39. The fourth-order valence-electron chi connectivity index (χ4n) is 3.55. The molecular weight excluding hydrogens is 360 g/mol. The predicted molar refractivity (Wildman–Crippen MR) is 104 cm³/mol. The van der Waals surface area contributed by atoms with Gasteiger partial charge in [0.1, 0.15) is 5.01 Å². The van der Waals surface area contributed by atoms with Crippen LogP contribution in [0.15, 0.2) is 54.6 Å². The summed E-state index contributed by atoms with van der Waals surface area (Å²) in [5, 5.41) is 12.1. The second-order valence-electron chi connectivity index (χ2n) is 6.45. The lowest BCUT2D eigenvalue weighted by atomic mass is 9.79. The molecule has 2 heterocycles. The largest absolute Gasteiger partial charge is 0.334 e. The molecule has 1 aliphatic heterocycles. The van der Waals surface area contributed by atoms with Gasteiger partial charge in [0.05, 0.1) is 12.0 Å². The van der Waals surface area contributed by atoms with Crippen molar-refractivity contribution >= 4 is 28.3 Å². The van der Waals surface area contributed by atoms with Crippen molar-refractivity contribution in [3.05, 3.63) is 76.3 Å². The van der Waals surface area contributed by atoms with Crippen molar-refractivity contribution in [2.24, 2.45) is 0 Å². The number of benzene rings is 2. The SMILES string of the molecule is Cc1nnc(NC(=O)[C@H]2c3ccccc3C(=O)N(C)[C@H]2c2ccccc2)s1. The Hall–Kier alpha value is -3.06. The van der Waals surface area contributed by atoms with Crippen molar-refractivity contribution in [2.45, 2.75) is 18.9 Å². The summed E-state index contributed by atoms with van der Waals surface area (Å²) in [6, 6.07) is 16.5. The fraction of sp³-hybridized carbons (Fsp3) is 0.200. The average Bonchev–Trinajstić information content (AvgIpc) is 3.09. The molecule has 2 amide bonds. The molecule has 0 bridgehead atoms. The van der Waals surface area contributed by atoms with Gasteiger partial charge in [0.2, 0.25) is 11.0 Å². The average molecular weight is 378 g/mol. The Bertz CT molecular complexity index is 1000. The van der Waals surface area contributed by atoms with Gasteiger partial charge in [-0.05, 0) is 24.1 Å². The van der Waals surface area contributed by atoms with Gasteiger partial charge in [-0.15, -0.1) is 10.2 Å². The Morgan fingerprint density at radius 2 is 1.78 bits per heavy atom. The number of hydrogen-bond donors (Lipinski definition) is 1. The molecule has 0 fully saturated rings. The van der Waals surface area contributed by atoms with Crippen LogP contribution in [0, 0.1) is 6.92 Å². The second-order valence-corrected chi connectivity index (χ2v) is 7.63. The van der Waals surface area contributed by atoms with Crippen LogP contribution in [0.4, 0.5) is 5.13 Å². The molecule has 0 unspecified atom stereocenters. The van der Waals surface area contributed by atoms with Crippen LogP contribution < -0.4 is 5.32 Å². The molecule has 4 rings (SSSR count). The first-order valence-electron chi connectivity index (χ1n) is 8.58. The number of carbonyl (C=O) groups excluding carboxylic acids is 2. The number of hydrogen-bond acceptors (Lipinski definition) is 5. The van der Waals surface area contributed by atoms with E-state index in [1.807, 2.05) is 55.5 Å². The summed E-state index contributed by atoms with van der Waals surface area (Å²) in [5.74, 6) is -0.836. The molecule has 2 atom stereocenters. The van der Waals surface area contributed by atoms with Crippen LogP contribution in [0.25, 0.3) is 0 Å². The summed E-state index contributed by atoms with van der Waals surface area (Å²) in [5.41, 5.74) is 2.20. The third-order valence-electron chi connectivity index (χ3n) is 4.76. The number of anilines is 1. The van der Waals surface area contributed by atoms with Gasteiger partial charge >= 0.3 is 0 Å². The maximum atomic E-state index is 13.3. The monoisotopic (exact) mass is 378 g/mol. The first-order chi connectivity index (χ1) is 13.1. The molecule has 6 nitrogen and oxygen atoms in total. The number of carbonyl (C=O) groups is 2. The highest BCUT2D eigenvalue weighted by molar-refractivity contribution is 7.15. The summed E-state index contributed by atoms with van der Waals surface area (Å²) in [6.45, 7) is 1.84. The summed E-state index contributed by atoms with van der Waals surface area (Å²) in [6.07, 6.45) is 0. The molecule has 0 aliphatic carbocycles. The molecular formula is C20H18N4O2S. The van der Waals surface area contributed by atoms with Crippen LogP contribution in [0.5, 0.6) is 0 Å². The Kier molecular flexibility index (Phi) is 4.45. The van der Waals surface area contributed by atoms with Crippen molar-refractivity contribution in [2.75, 3.05) is 12.4 Å². The second kappa shape index (κ2) is 6.92. The van der Waals surface area contributed by atoms with Crippen LogP contribution >= 0.6 is 11.3 Å².